The minimum Gasteiger partial charge on any atom is -0.497 e. The van der Waals surface area contributed by atoms with Crippen molar-refractivity contribution < 1.29 is 33.8 Å². The summed E-state index contributed by atoms with van der Waals surface area (Å²) >= 11 is 0. The highest BCUT2D eigenvalue weighted by atomic mass is 16.5. The fourth-order valence-corrected chi connectivity index (χ4v) is 7.55. The molecule has 0 spiro atoms. The first-order chi connectivity index (χ1) is 24.5. The van der Waals surface area contributed by atoms with Crippen LogP contribution in [0.25, 0.3) is 0 Å². The number of carbonyl (C=O) groups is 4. The summed E-state index contributed by atoms with van der Waals surface area (Å²) in [7, 11) is 3.10. The molecule has 0 saturated carbocycles. The molecule has 0 bridgehead atoms. The Hall–Kier alpha value is -4.90. The van der Waals surface area contributed by atoms with E-state index >= 15 is 14.4 Å². The summed E-state index contributed by atoms with van der Waals surface area (Å²) in [6.45, 7) is 7.40. The number of nitrogens with zero attached hydrogens (tertiary/aromatic N) is 2. The molecule has 11 nitrogen and oxygen atoms in total. The molecule has 3 unspecified atom stereocenters. The first-order valence-electron chi connectivity index (χ1n) is 17.8. The summed E-state index contributed by atoms with van der Waals surface area (Å²) in [6, 6.07) is 20.0. The zero-order chi connectivity index (χ0) is 37.3. The Kier molecular flexibility index (Phi) is 12.9. The molecule has 0 aliphatic carbocycles. The van der Waals surface area contributed by atoms with Crippen LogP contribution in [0.3, 0.4) is 0 Å². The molecule has 4 N–H and O–H groups in total. The predicted octanol–water partition coefficient (Wildman–Crippen LogP) is 6.38. The Morgan fingerprint density at radius 2 is 1.43 bits per heavy atom. The summed E-state index contributed by atoms with van der Waals surface area (Å²) in [5, 5.41) is 12.9. The van der Waals surface area contributed by atoms with E-state index in [9.17, 15) is 9.90 Å². The van der Waals surface area contributed by atoms with Crippen molar-refractivity contribution in [2.75, 3.05) is 19.1 Å². The number of nitrogens with two attached hydrogens (primary N) is 1. The topological polar surface area (TPSA) is 151 Å². The maximum absolute atomic E-state index is 15.5. The number of carbonyl (C=O) groups excluding carboxylic acids is 4. The molecule has 3 aromatic rings. The molecule has 3 atom stereocenters. The van der Waals surface area contributed by atoms with Crippen LogP contribution in [0.5, 0.6) is 11.5 Å². The second kappa shape index (κ2) is 16.9. The van der Waals surface area contributed by atoms with Crippen LogP contribution in [-0.4, -0.2) is 59.1 Å². The smallest absolute Gasteiger partial charge is 0.333 e. The Labute approximate surface area is 301 Å². The third kappa shape index (κ3) is 7.44. The van der Waals surface area contributed by atoms with E-state index < -0.39 is 53.2 Å². The van der Waals surface area contributed by atoms with Crippen LogP contribution < -0.4 is 25.4 Å². The number of amides is 5. The second-order valence-electron chi connectivity index (χ2n) is 13.1. The molecule has 274 valence electrons. The van der Waals surface area contributed by atoms with Gasteiger partial charge < -0.3 is 25.6 Å². The molecule has 0 radical (unpaired) electrons. The number of hydrogen-bond donors (Lipinski definition) is 3. The molecule has 4 rings (SSSR count). The maximum atomic E-state index is 15.5. The van der Waals surface area contributed by atoms with Crippen molar-refractivity contribution in [2.24, 2.45) is 5.73 Å². The monoisotopic (exact) mass is 700 g/mol. The Morgan fingerprint density at radius 1 is 0.863 bits per heavy atom. The molecule has 11 heteroatoms. The van der Waals surface area contributed by atoms with Crippen LogP contribution in [0.1, 0.15) is 101 Å². The Balaban J connectivity index is 2.05. The van der Waals surface area contributed by atoms with Crippen molar-refractivity contribution in [3.8, 4) is 11.5 Å². The summed E-state index contributed by atoms with van der Waals surface area (Å²) in [4.78, 5) is 61.7. The van der Waals surface area contributed by atoms with Gasteiger partial charge >= 0.3 is 6.03 Å². The van der Waals surface area contributed by atoms with Crippen molar-refractivity contribution in [2.45, 2.75) is 102 Å². The minimum atomic E-state index is -2.08. The van der Waals surface area contributed by atoms with E-state index in [1.165, 1.54) is 12.0 Å². The van der Waals surface area contributed by atoms with Crippen molar-refractivity contribution in [3.63, 3.8) is 0 Å². The van der Waals surface area contributed by atoms with Gasteiger partial charge in [-0.25, -0.2) is 9.69 Å². The lowest BCUT2D eigenvalue weighted by Crippen LogP contribution is -2.66. The number of aliphatic hydroxyl groups is 1. The zero-order valence-corrected chi connectivity index (χ0v) is 30.6. The Bertz CT molecular complexity index is 1690. The van der Waals surface area contributed by atoms with Crippen LogP contribution in [0.15, 0.2) is 72.8 Å². The summed E-state index contributed by atoms with van der Waals surface area (Å²) in [5.41, 5.74) is 5.04. The van der Waals surface area contributed by atoms with Crippen LogP contribution >= 0.6 is 0 Å². The SMILES string of the molecule is CCCC(NC(=O)C(CC(N)=O)(C(CCC)c1cccc(OC)c1)N1C(=O)N(c2ccc(CO)cc2)C(CC)(CC)C1=O)c1cccc(OC)c1. The number of anilines is 1. The van der Waals surface area contributed by atoms with E-state index in [0.717, 1.165) is 10.5 Å². The second-order valence-corrected chi connectivity index (χ2v) is 13.1. The molecule has 5 amide bonds. The van der Waals surface area contributed by atoms with Gasteiger partial charge in [0.15, 0.2) is 0 Å². The normalized spacial score (nSPS) is 16.4. The van der Waals surface area contributed by atoms with Gasteiger partial charge in [-0.2, -0.15) is 0 Å². The third-order valence-electron chi connectivity index (χ3n) is 10.2. The molecule has 1 saturated heterocycles. The van der Waals surface area contributed by atoms with E-state index in [1.54, 1.807) is 49.6 Å². The standard InChI is InChI=1S/C40H52N4O7/c1-7-13-33(28-15-11-17-31(23-28)50-5)40(25-35(41)46,36(47)42-34(14-8-2)29-16-12-18-32(24-29)51-6)44-37(48)39(9-3,10-4)43(38(44)49)30-21-19-27(26-45)20-22-30/h11-12,15-24,33-34,45H,7-10,13-14,25-26H2,1-6H3,(H2,41,46)(H,42,47). The average molecular weight is 701 g/mol. The number of urea groups is 1. The molecule has 1 aliphatic heterocycles. The number of hydrogen-bond acceptors (Lipinski definition) is 7. The largest absolute Gasteiger partial charge is 0.497 e. The quantitative estimate of drug-likeness (QED) is 0.130. The fraction of sp³-hybridized carbons (Fsp3) is 0.450. The summed E-state index contributed by atoms with van der Waals surface area (Å²) in [5.74, 6) is -1.82. The first-order valence-corrected chi connectivity index (χ1v) is 17.8. The van der Waals surface area contributed by atoms with Crippen LogP contribution in [0.2, 0.25) is 0 Å². The van der Waals surface area contributed by atoms with Crippen molar-refractivity contribution in [1.82, 2.24) is 10.2 Å². The van der Waals surface area contributed by atoms with Gasteiger partial charge in [0.05, 0.1) is 33.3 Å². The van der Waals surface area contributed by atoms with Crippen LogP contribution in [0, 0.1) is 0 Å². The van der Waals surface area contributed by atoms with Crippen molar-refractivity contribution >= 4 is 29.4 Å². The molecule has 1 fully saturated rings. The number of ether oxygens (including phenoxy) is 2. The number of benzene rings is 3. The minimum absolute atomic E-state index is 0.195. The van der Waals surface area contributed by atoms with E-state index in [1.807, 2.05) is 58.0 Å². The number of rotatable bonds is 18. The van der Waals surface area contributed by atoms with Crippen molar-refractivity contribution in [1.29, 1.82) is 0 Å². The van der Waals surface area contributed by atoms with Gasteiger partial charge in [0.2, 0.25) is 11.8 Å². The highest BCUT2D eigenvalue weighted by Crippen LogP contribution is 2.48. The lowest BCUT2D eigenvalue weighted by Gasteiger charge is -2.45. The van der Waals surface area contributed by atoms with Gasteiger partial charge in [0, 0.05) is 11.6 Å². The molecule has 1 heterocycles. The van der Waals surface area contributed by atoms with Gasteiger partial charge in [0.1, 0.15) is 22.6 Å². The Morgan fingerprint density at radius 3 is 1.94 bits per heavy atom. The lowest BCUT2D eigenvalue weighted by atomic mass is 9.71. The fourth-order valence-electron chi connectivity index (χ4n) is 7.55. The molecule has 3 aromatic carbocycles. The number of methoxy groups -OCH3 is 2. The highest BCUT2D eigenvalue weighted by Gasteiger charge is 2.66. The predicted molar refractivity (Wildman–Crippen MR) is 196 cm³/mol. The lowest BCUT2D eigenvalue weighted by molar-refractivity contribution is -0.149. The van der Waals surface area contributed by atoms with Crippen LogP contribution in [-0.2, 0) is 21.0 Å². The third-order valence-corrected chi connectivity index (χ3v) is 10.2. The van der Waals surface area contributed by atoms with Gasteiger partial charge in [-0.05, 0) is 78.8 Å². The average Bonchev–Trinajstić information content (AvgIpc) is 3.37. The number of nitrogens with one attached hydrogen (secondary N) is 1. The van der Waals surface area contributed by atoms with E-state index in [0.29, 0.717) is 54.0 Å². The van der Waals surface area contributed by atoms with Crippen LogP contribution in [0.4, 0.5) is 10.5 Å². The first kappa shape index (κ1) is 38.9. The zero-order valence-electron chi connectivity index (χ0n) is 30.6. The van der Waals surface area contributed by atoms with E-state index in [4.69, 9.17) is 15.2 Å². The van der Waals surface area contributed by atoms with E-state index in [2.05, 4.69) is 5.32 Å². The molecule has 0 aromatic heterocycles. The molecular formula is C40H52N4O7. The van der Waals surface area contributed by atoms with E-state index in [-0.39, 0.29) is 19.4 Å². The maximum Gasteiger partial charge on any atom is 0.333 e. The molecule has 1 aliphatic rings. The molecule has 51 heavy (non-hydrogen) atoms. The summed E-state index contributed by atoms with van der Waals surface area (Å²) < 4.78 is 11.0. The summed E-state index contributed by atoms with van der Waals surface area (Å²) in [6.07, 6.45) is 1.98. The van der Waals surface area contributed by atoms with Gasteiger partial charge in [0.25, 0.3) is 5.91 Å². The van der Waals surface area contributed by atoms with Gasteiger partial charge in [-0.15, -0.1) is 0 Å². The number of aliphatic hydroxyl groups excluding tert-OH is 1. The van der Waals surface area contributed by atoms with Gasteiger partial charge in [-0.1, -0.05) is 76.9 Å². The highest BCUT2D eigenvalue weighted by molar-refractivity contribution is 6.20. The molecular weight excluding hydrogens is 648 g/mol. The number of primary amides is 1. The van der Waals surface area contributed by atoms with Crippen molar-refractivity contribution in [3.05, 3.63) is 89.5 Å². The number of imide groups is 1. The van der Waals surface area contributed by atoms with Gasteiger partial charge in [-0.3, -0.25) is 19.3 Å².